The van der Waals surface area contributed by atoms with E-state index in [0.717, 1.165) is 4.88 Å². The normalized spacial score (nSPS) is 13.1. The van der Waals surface area contributed by atoms with Crippen molar-refractivity contribution in [3.63, 3.8) is 0 Å². The van der Waals surface area contributed by atoms with E-state index in [4.69, 9.17) is 9.47 Å². The highest BCUT2D eigenvalue weighted by Gasteiger charge is 2.21. The van der Waals surface area contributed by atoms with E-state index in [2.05, 4.69) is 5.32 Å². The topological polar surface area (TPSA) is 64.6 Å². The summed E-state index contributed by atoms with van der Waals surface area (Å²) in [7, 11) is 0. The van der Waals surface area contributed by atoms with Crippen molar-refractivity contribution in [2.45, 2.75) is 0 Å². The van der Waals surface area contributed by atoms with E-state index in [1.807, 2.05) is 23.6 Å². The summed E-state index contributed by atoms with van der Waals surface area (Å²) in [6.07, 6.45) is 1.62. The zero-order valence-corrected chi connectivity index (χ0v) is 15.7. The molecule has 1 aliphatic heterocycles. The summed E-state index contributed by atoms with van der Waals surface area (Å²) in [5.41, 5.74) is 1.07. The van der Waals surface area contributed by atoms with Crippen molar-refractivity contribution < 1.29 is 19.1 Å². The number of hydrogen-bond acceptors (Lipinski definition) is 5. The van der Waals surface area contributed by atoms with Crippen LogP contribution in [0.3, 0.4) is 0 Å². The fourth-order valence-electron chi connectivity index (χ4n) is 2.81. The van der Waals surface area contributed by atoms with Gasteiger partial charge in [-0.3, -0.25) is 9.59 Å². The van der Waals surface area contributed by atoms with E-state index in [0.29, 0.717) is 36.0 Å². The Balaban J connectivity index is 1.63. The van der Waals surface area contributed by atoms with Crippen LogP contribution in [0.15, 0.2) is 71.6 Å². The molecule has 1 aliphatic rings. The Morgan fingerprint density at radius 3 is 2.46 bits per heavy atom. The second-order valence-corrected chi connectivity index (χ2v) is 7.06. The van der Waals surface area contributed by atoms with Crippen LogP contribution in [0.1, 0.15) is 15.2 Å². The van der Waals surface area contributed by atoms with Crippen LogP contribution in [0.25, 0.3) is 6.08 Å². The number of ketones is 1. The van der Waals surface area contributed by atoms with Crippen molar-refractivity contribution in [2.24, 2.45) is 0 Å². The average molecular weight is 391 g/mol. The molecule has 1 amide bonds. The smallest absolute Gasteiger partial charge is 0.259 e. The minimum atomic E-state index is -0.473. The first-order chi connectivity index (χ1) is 13.7. The molecule has 28 heavy (non-hydrogen) atoms. The van der Waals surface area contributed by atoms with Crippen molar-refractivity contribution in [2.75, 3.05) is 18.5 Å². The highest BCUT2D eigenvalue weighted by molar-refractivity contribution is 7.10. The first-order valence-corrected chi connectivity index (χ1v) is 9.64. The molecule has 140 valence electrons. The van der Waals surface area contributed by atoms with Gasteiger partial charge in [0.2, 0.25) is 0 Å². The maximum atomic E-state index is 13.0. The van der Waals surface area contributed by atoms with Crippen molar-refractivity contribution >= 4 is 34.8 Å². The van der Waals surface area contributed by atoms with Crippen LogP contribution in [0, 0.1) is 0 Å². The molecular formula is C22H17NO4S. The molecule has 0 unspecified atom stereocenters. The number of fused-ring (bicyclic) bond motifs is 1. The molecule has 2 heterocycles. The van der Waals surface area contributed by atoms with Crippen molar-refractivity contribution in [3.8, 4) is 11.5 Å². The molecule has 0 radical (unpaired) electrons. The summed E-state index contributed by atoms with van der Waals surface area (Å²) in [6.45, 7) is 0.957. The van der Waals surface area contributed by atoms with Crippen LogP contribution >= 0.6 is 11.3 Å². The number of carbonyl (C=O) groups excluding carboxylic acids is 2. The van der Waals surface area contributed by atoms with Crippen LogP contribution in [0.5, 0.6) is 11.5 Å². The second kappa shape index (κ2) is 8.10. The number of thiophene rings is 1. The number of ether oxygens (including phenoxy) is 2. The van der Waals surface area contributed by atoms with Gasteiger partial charge in [-0.05, 0) is 29.7 Å². The van der Waals surface area contributed by atoms with Gasteiger partial charge in [0.05, 0.1) is 5.57 Å². The fourth-order valence-corrected chi connectivity index (χ4v) is 3.47. The Hall–Kier alpha value is -3.38. The fraction of sp³-hybridized carbons (Fsp3) is 0.0909. The van der Waals surface area contributed by atoms with Gasteiger partial charge in [0.1, 0.15) is 13.2 Å². The minimum Gasteiger partial charge on any atom is -0.486 e. The quantitative estimate of drug-likeness (QED) is 0.303. The minimum absolute atomic E-state index is 0.0727. The lowest BCUT2D eigenvalue weighted by molar-refractivity contribution is -0.112. The average Bonchev–Trinajstić information content (AvgIpc) is 3.25. The molecule has 0 fully saturated rings. The molecule has 3 aromatic rings. The largest absolute Gasteiger partial charge is 0.486 e. The van der Waals surface area contributed by atoms with E-state index in [9.17, 15) is 9.59 Å². The van der Waals surface area contributed by atoms with Gasteiger partial charge in [0.25, 0.3) is 5.91 Å². The monoisotopic (exact) mass is 391 g/mol. The number of carbonyl (C=O) groups is 2. The highest BCUT2D eigenvalue weighted by Crippen LogP contribution is 2.32. The molecule has 0 saturated carbocycles. The molecule has 6 heteroatoms. The van der Waals surface area contributed by atoms with E-state index in [1.165, 1.54) is 11.3 Å². The predicted molar refractivity (Wildman–Crippen MR) is 109 cm³/mol. The summed E-state index contributed by atoms with van der Waals surface area (Å²) in [5.74, 6) is 0.407. The Morgan fingerprint density at radius 2 is 1.71 bits per heavy atom. The number of amides is 1. The molecule has 0 bridgehead atoms. The number of nitrogens with one attached hydrogen (secondary N) is 1. The van der Waals surface area contributed by atoms with Crippen molar-refractivity contribution in [1.29, 1.82) is 0 Å². The summed E-state index contributed by atoms with van der Waals surface area (Å²) in [5, 5.41) is 4.69. The molecule has 0 spiro atoms. The first kappa shape index (κ1) is 18.0. The molecule has 2 aromatic carbocycles. The lowest BCUT2D eigenvalue weighted by Gasteiger charge is -2.19. The summed E-state index contributed by atoms with van der Waals surface area (Å²) < 4.78 is 11.0. The van der Waals surface area contributed by atoms with Crippen molar-refractivity contribution in [3.05, 3.63) is 82.1 Å². The molecular weight excluding hydrogens is 374 g/mol. The van der Waals surface area contributed by atoms with Gasteiger partial charge in [0.15, 0.2) is 17.3 Å². The molecule has 0 aliphatic carbocycles. The molecule has 5 nitrogen and oxygen atoms in total. The lowest BCUT2D eigenvalue weighted by Crippen LogP contribution is -2.21. The zero-order valence-electron chi connectivity index (χ0n) is 14.9. The van der Waals surface area contributed by atoms with Gasteiger partial charge in [-0.15, -0.1) is 11.3 Å². The molecule has 1 N–H and O–H groups in total. The summed E-state index contributed by atoms with van der Waals surface area (Å²) in [6, 6.07) is 17.7. The van der Waals surface area contributed by atoms with Crippen LogP contribution in [0.4, 0.5) is 5.69 Å². The summed E-state index contributed by atoms with van der Waals surface area (Å²) in [4.78, 5) is 26.8. The van der Waals surface area contributed by atoms with Gasteiger partial charge in [0, 0.05) is 22.2 Å². The third kappa shape index (κ3) is 3.97. The number of benzene rings is 2. The molecule has 0 atom stereocenters. The third-order valence-electron chi connectivity index (χ3n) is 4.16. The van der Waals surface area contributed by atoms with Crippen molar-refractivity contribution in [1.82, 2.24) is 0 Å². The van der Waals surface area contributed by atoms with E-state index < -0.39 is 5.91 Å². The number of anilines is 1. The number of Topliss-reactive ketones (excluding diaryl/α,β-unsaturated/α-hetero) is 1. The number of hydrogen-bond donors (Lipinski definition) is 1. The standard InChI is InChI=1S/C22H17NO4S/c24-21(15-5-2-1-3-6-15)18(14-17-7-4-12-28-17)22(25)23-16-8-9-19-20(13-16)27-11-10-26-19/h1-9,12-14H,10-11H2,(H,23,25)/b18-14+. The molecule has 4 rings (SSSR count). The Bertz CT molecular complexity index is 1030. The second-order valence-electron chi connectivity index (χ2n) is 6.08. The lowest BCUT2D eigenvalue weighted by atomic mass is 10.0. The van der Waals surface area contributed by atoms with Crippen LogP contribution in [0.2, 0.25) is 0 Å². The van der Waals surface area contributed by atoms with Gasteiger partial charge in [-0.2, -0.15) is 0 Å². The van der Waals surface area contributed by atoms with Crippen LogP contribution in [-0.2, 0) is 4.79 Å². The van der Waals surface area contributed by atoms with Gasteiger partial charge >= 0.3 is 0 Å². The Morgan fingerprint density at radius 1 is 0.929 bits per heavy atom. The van der Waals surface area contributed by atoms with Gasteiger partial charge < -0.3 is 14.8 Å². The third-order valence-corrected chi connectivity index (χ3v) is 4.97. The Labute approximate surface area is 166 Å². The molecule has 1 aromatic heterocycles. The maximum Gasteiger partial charge on any atom is 0.259 e. The van der Waals surface area contributed by atoms with Gasteiger partial charge in [-0.1, -0.05) is 36.4 Å². The first-order valence-electron chi connectivity index (χ1n) is 8.77. The number of rotatable bonds is 5. The van der Waals surface area contributed by atoms with E-state index in [1.54, 1.807) is 48.5 Å². The Kier molecular flexibility index (Phi) is 5.21. The van der Waals surface area contributed by atoms with E-state index in [-0.39, 0.29) is 11.4 Å². The summed E-state index contributed by atoms with van der Waals surface area (Å²) >= 11 is 1.46. The van der Waals surface area contributed by atoms with Crippen LogP contribution < -0.4 is 14.8 Å². The maximum absolute atomic E-state index is 13.0. The van der Waals surface area contributed by atoms with E-state index >= 15 is 0 Å². The SMILES string of the molecule is O=C(Nc1ccc2c(c1)OCCO2)/C(=C/c1cccs1)C(=O)c1ccccc1. The van der Waals surface area contributed by atoms with Crippen LogP contribution in [-0.4, -0.2) is 24.9 Å². The zero-order chi connectivity index (χ0) is 19.3. The predicted octanol–water partition coefficient (Wildman–Crippen LogP) is 4.42. The highest BCUT2D eigenvalue weighted by atomic mass is 32.1. The molecule has 0 saturated heterocycles. The van der Waals surface area contributed by atoms with Gasteiger partial charge in [-0.25, -0.2) is 0 Å².